The molecule has 2 aromatic heterocycles. The van der Waals surface area contributed by atoms with Gasteiger partial charge in [0.05, 0.1) is 6.54 Å². The molecule has 4 N–H and O–H groups in total. The molecule has 0 saturated heterocycles. The summed E-state index contributed by atoms with van der Waals surface area (Å²) in [5.74, 6) is 0.286. The Morgan fingerprint density at radius 3 is 2.89 bits per heavy atom. The molecule has 1 aromatic carbocycles. The van der Waals surface area contributed by atoms with Crippen molar-refractivity contribution in [2.45, 2.75) is 19.5 Å². The van der Waals surface area contributed by atoms with E-state index >= 15 is 0 Å². The average Bonchev–Trinajstić information content (AvgIpc) is 3.34. The zero-order chi connectivity index (χ0) is 18.9. The third-order valence-corrected chi connectivity index (χ3v) is 4.70. The Morgan fingerprint density at radius 2 is 2.14 bits per heavy atom. The predicted molar refractivity (Wildman–Crippen MR) is 124 cm³/mol. The van der Waals surface area contributed by atoms with Crippen LogP contribution in [-0.2, 0) is 24.3 Å². The van der Waals surface area contributed by atoms with Crippen molar-refractivity contribution < 1.29 is 4.79 Å². The van der Waals surface area contributed by atoms with Gasteiger partial charge in [-0.1, -0.05) is 18.2 Å². The number of hydrogen-bond acceptors (Lipinski definition) is 4. The highest BCUT2D eigenvalue weighted by Gasteiger charge is 2.04. The van der Waals surface area contributed by atoms with Crippen LogP contribution in [0.2, 0.25) is 0 Å². The van der Waals surface area contributed by atoms with E-state index in [0.717, 1.165) is 24.2 Å². The molecular weight excluding hydrogens is 487 g/mol. The number of nitrogens with one attached hydrogen (secondary N) is 2. The topological polar surface area (TPSA) is 97.3 Å². The minimum Gasteiger partial charge on any atom is -0.370 e. The van der Waals surface area contributed by atoms with E-state index in [1.807, 2.05) is 30.3 Å². The van der Waals surface area contributed by atoms with Crippen molar-refractivity contribution >= 4 is 52.9 Å². The summed E-state index contributed by atoms with van der Waals surface area (Å²) in [4.78, 5) is 17.7. The van der Waals surface area contributed by atoms with Crippen molar-refractivity contribution in [2.75, 3.05) is 11.9 Å². The second-order valence-electron chi connectivity index (χ2n) is 5.91. The van der Waals surface area contributed by atoms with Crippen LogP contribution in [0, 0.1) is 0 Å². The fourth-order valence-corrected chi connectivity index (χ4v) is 3.20. The summed E-state index contributed by atoms with van der Waals surface area (Å²) in [6.07, 6.45) is 4.31. The maximum absolute atomic E-state index is 12.0. The van der Waals surface area contributed by atoms with Crippen molar-refractivity contribution in [3.63, 3.8) is 0 Å². The van der Waals surface area contributed by atoms with E-state index in [9.17, 15) is 4.79 Å². The van der Waals surface area contributed by atoms with Gasteiger partial charge in [0, 0.05) is 29.5 Å². The van der Waals surface area contributed by atoms with Gasteiger partial charge < -0.3 is 16.4 Å². The zero-order valence-electron chi connectivity index (χ0n) is 15.2. The second-order valence-corrected chi connectivity index (χ2v) is 6.94. The van der Waals surface area contributed by atoms with Crippen LogP contribution in [0.1, 0.15) is 10.4 Å². The molecule has 9 heteroatoms. The van der Waals surface area contributed by atoms with E-state index in [2.05, 4.69) is 32.2 Å². The summed E-state index contributed by atoms with van der Waals surface area (Å²) in [6, 6.07) is 13.5. The van der Waals surface area contributed by atoms with Gasteiger partial charge in [-0.25, -0.2) is 4.99 Å². The van der Waals surface area contributed by atoms with E-state index in [4.69, 9.17) is 5.73 Å². The van der Waals surface area contributed by atoms with Gasteiger partial charge in [-0.15, -0.1) is 35.3 Å². The van der Waals surface area contributed by atoms with Crippen molar-refractivity contribution in [2.24, 2.45) is 10.7 Å². The highest BCUT2D eigenvalue weighted by molar-refractivity contribution is 14.0. The summed E-state index contributed by atoms with van der Waals surface area (Å²) < 4.78 is 1.58. The second kappa shape index (κ2) is 11.4. The fraction of sp³-hybridized carbons (Fsp3) is 0.211. The molecule has 3 rings (SSSR count). The number of nitrogens with zero attached hydrogens (tertiary/aromatic N) is 3. The lowest BCUT2D eigenvalue weighted by molar-refractivity contribution is -0.116. The lowest BCUT2D eigenvalue weighted by atomic mass is 10.2. The largest absolute Gasteiger partial charge is 0.370 e. The number of amides is 1. The lowest BCUT2D eigenvalue weighted by Gasteiger charge is -2.08. The molecule has 2 heterocycles. The first kappa shape index (κ1) is 21.9. The summed E-state index contributed by atoms with van der Waals surface area (Å²) in [5.41, 5.74) is 7.61. The molecule has 7 nitrogen and oxygen atoms in total. The summed E-state index contributed by atoms with van der Waals surface area (Å²) >= 11 is 1.73. The quantitative estimate of drug-likeness (QED) is 0.247. The number of nitrogens with two attached hydrogens (primary N) is 1. The zero-order valence-corrected chi connectivity index (χ0v) is 18.4. The van der Waals surface area contributed by atoms with E-state index in [-0.39, 0.29) is 36.4 Å². The van der Waals surface area contributed by atoms with Gasteiger partial charge >= 0.3 is 0 Å². The molecule has 0 aliphatic rings. The molecule has 0 bridgehead atoms. The molecule has 148 valence electrons. The minimum atomic E-state index is -0.130. The van der Waals surface area contributed by atoms with Crippen LogP contribution < -0.4 is 16.4 Å². The number of carbonyl (C=O) groups is 1. The molecular formula is C19H23IN6OS. The highest BCUT2D eigenvalue weighted by atomic mass is 127. The number of halogens is 1. The molecule has 0 unspecified atom stereocenters. The van der Waals surface area contributed by atoms with Gasteiger partial charge in [0.1, 0.15) is 6.54 Å². The number of rotatable bonds is 8. The maximum Gasteiger partial charge on any atom is 0.246 e. The lowest BCUT2D eigenvalue weighted by Crippen LogP contribution is -2.33. The summed E-state index contributed by atoms with van der Waals surface area (Å²) in [5, 5.41) is 12.1. The number of carbonyl (C=O) groups excluding carboxylic acids is 1. The SMILES string of the molecule is I.NC(=NCc1cccc(NC(=O)Cn2cccn2)c1)NCCc1cccs1. The fourth-order valence-electron chi connectivity index (χ4n) is 2.49. The average molecular weight is 510 g/mol. The number of anilines is 1. The van der Waals surface area contributed by atoms with E-state index in [1.54, 1.807) is 34.5 Å². The predicted octanol–water partition coefficient (Wildman–Crippen LogP) is 2.85. The molecule has 28 heavy (non-hydrogen) atoms. The Balaban J connectivity index is 0.00000280. The van der Waals surface area contributed by atoms with Crippen LogP contribution in [0.15, 0.2) is 65.2 Å². The molecule has 3 aromatic rings. The van der Waals surface area contributed by atoms with Crippen molar-refractivity contribution in [1.29, 1.82) is 0 Å². The van der Waals surface area contributed by atoms with E-state index < -0.39 is 0 Å². The number of benzene rings is 1. The Labute approximate surface area is 185 Å². The standard InChI is InChI=1S/C19H22N6OS.HI/c20-19(21-9-7-17-6-2-11-27-17)22-13-15-4-1-5-16(12-15)24-18(26)14-25-10-3-8-23-25;/h1-6,8,10-12H,7,9,13-14H2,(H,24,26)(H3,20,21,22);1H. The van der Waals surface area contributed by atoms with Gasteiger partial charge in [0.2, 0.25) is 5.91 Å². The molecule has 0 atom stereocenters. The van der Waals surface area contributed by atoms with E-state index in [1.165, 1.54) is 4.88 Å². The smallest absolute Gasteiger partial charge is 0.246 e. The molecule has 0 radical (unpaired) electrons. The molecule has 0 spiro atoms. The van der Waals surface area contributed by atoms with Crippen LogP contribution in [0.25, 0.3) is 0 Å². The highest BCUT2D eigenvalue weighted by Crippen LogP contribution is 2.12. The van der Waals surface area contributed by atoms with Gasteiger partial charge in [0.25, 0.3) is 0 Å². The summed E-state index contributed by atoms with van der Waals surface area (Å²) in [7, 11) is 0. The van der Waals surface area contributed by atoms with Crippen LogP contribution in [0.5, 0.6) is 0 Å². The first-order valence-electron chi connectivity index (χ1n) is 8.61. The first-order chi connectivity index (χ1) is 13.2. The Hall–Kier alpha value is -2.40. The number of guanidine groups is 1. The minimum absolute atomic E-state index is 0. The Kier molecular flexibility index (Phi) is 8.95. The van der Waals surface area contributed by atoms with Gasteiger partial charge in [0.15, 0.2) is 5.96 Å². The molecule has 0 aliphatic heterocycles. The number of aliphatic imine (C=N–C) groups is 1. The van der Waals surface area contributed by atoms with Gasteiger partial charge in [-0.3, -0.25) is 9.48 Å². The monoisotopic (exact) mass is 510 g/mol. The molecule has 0 fully saturated rings. The third kappa shape index (κ3) is 7.31. The molecule has 0 aliphatic carbocycles. The van der Waals surface area contributed by atoms with Crippen molar-refractivity contribution in [1.82, 2.24) is 15.1 Å². The molecule has 0 saturated carbocycles. The normalized spacial score (nSPS) is 10.9. The van der Waals surface area contributed by atoms with E-state index in [0.29, 0.717) is 12.5 Å². The van der Waals surface area contributed by atoms with Crippen molar-refractivity contribution in [3.8, 4) is 0 Å². The van der Waals surface area contributed by atoms with Crippen LogP contribution in [0.4, 0.5) is 5.69 Å². The Bertz CT molecular complexity index is 880. The van der Waals surface area contributed by atoms with Crippen molar-refractivity contribution in [3.05, 3.63) is 70.7 Å². The number of aromatic nitrogens is 2. The first-order valence-corrected chi connectivity index (χ1v) is 9.49. The van der Waals surface area contributed by atoms with Gasteiger partial charge in [-0.05, 0) is 41.6 Å². The number of thiophene rings is 1. The van der Waals surface area contributed by atoms with Gasteiger partial charge in [-0.2, -0.15) is 5.10 Å². The molecule has 1 amide bonds. The number of hydrogen-bond donors (Lipinski definition) is 3. The summed E-state index contributed by atoms with van der Waals surface area (Å²) in [6.45, 7) is 1.37. The van der Waals surface area contributed by atoms with Crippen LogP contribution in [-0.4, -0.2) is 28.2 Å². The Morgan fingerprint density at radius 1 is 1.25 bits per heavy atom. The maximum atomic E-state index is 12.0. The van der Waals surface area contributed by atoms with Crippen LogP contribution in [0.3, 0.4) is 0 Å². The van der Waals surface area contributed by atoms with Crippen LogP contribution >= 0.6 is 35.3 Å². The third-order valence-electron chi connectivity index (χ3n) is 3.77.